The number of anilines is 1. The van der Waals surface area contributed by atoms with Gasteiger partial charge in [-0.05, 0) is 29.3 Å². The highest BCUT2D eigenvalue weighted by Gasteiger charge is 2.97. The lowest BCUT2D eigenvalue weighted by atomic mass is 9.86. The van der Waals surface area contributed by atoms with E-state index in [0.717, 1.165) is 6.20 Å². The van der Waals surface area contributed by atoms with Crippen LogP contribution in [0.1, 0.15) is 40.0 Å². The zero-order valence-electron chi connectivity index (χ0n) is 17.7. The molecule has 2 aromatic carbocycles. The SMILES string of the molecule is C[C@@]12C3[C@@H]1c1cc(F)cc(F)c1NC(=O)[C@]32NC(=O)c1nn(Cc2cccc(C#N)c2)cc1F. The molecule has 170 valence electrons. The number of halogens is 3. The van der Waals surface area contributed by atoms with Crippen molar-refractivity contribution in [3.8, 4) is 6.07 Å². The Bertz CT molecular complexity index is 1480. The summed E-state index contributed by atoms with van der Waals surface area (Å²) >= 11 is 0. The molecule has 2 amide bonds. The molecular formula is C24H16F3N5O2. The van der Waals surface area contributed by atoms with Gasteiger partial charge in [0.05, 0.1) is 30.1 Å². The van der Waals surface area contributed by atoms with Crippen LogP contribution >= 0.6 is 0 Å². The van der Waals surface area contributed by atoms with E-state index in [0.29, 0.717) is 22.8 Å². The first-order valence-corrected chi connectivity index (χ1v) is 10.6. The predicted octanol–water partition coefficient (Wildman–Crippen LogP) is 3.07. The number of carbonyl (C=O) groups excluding carboxylic acids is 2. The van der Waals surface area contributed by atoms with E-state index >= 15 is 0 Å². The monoisotopic (exact) mass is 463 g/mol. The number of rotatable bonds is 4. The Morgan fingerprint density at radius 1 is 1.26 bits per heavy atom. The lowest BCUT2D eigenvalue weighted by Crippen LogP contribution is -2.53. The minimum absolute atomic E-state index is 0.0891. The fourth-order valence-corrected chi connectivity index (χ4v) is 5.73. The first kappa shape index (κ1) is 20.5. The summed E-state index contributed by atoms with van der Waals surface area (Å²) in [7, 11) is 0. The smallest absolute Gasteiger partial charge is 0.275 e. The predicted molar refractivity (Wildman–Crippen MR) is 112 cm³/mol. The van der Waals surface area contributed by atoms with Crippen molar-refractivity contribution in [1.29, 1.82) is 5.26 Å². The number of fused-ring (bicyclic) bond motifs is 1. The number of nitriles is 1. The minimum Gasteiger partial charge on any atom is -0.335 e. The second kappa shape index (κ2) is 6.47. The maximum Gasteiger partial charge on any atom is 0.275 e. The van der Waals surface area contributed by atoms with Gasteiger partial charge in [0.1, 0.15) is 17.2 Å². The molecule has 4 atom stereocenters. The Balaban J connectivity index is 1.26. The van der Waals surface area contributed by atoms with E-state index in [-0.39, 0.29) is 24.1 Å². The van der Waals surface area contributed by atoms with Gasteiger partial charge < -0.3 is 10.6 Å². The second-order valence-electron chi connectivity index (χ2n) is 9.14. The van der Waals surface area contributed by atoms with Gasteiger partial charge in [-0.3, -0.25) is 14.3 Å². The molecule has 2 N–H and O–H groups in total. The summed E-state index contributed by atoms with van der Waals surface area (Å²) in [4.78, 5) is 26.0. The van der Waals surface area contributed by atoms with E-state index in [1.165, 1.54) is 10.7 Å². The van der Waals surface area contributed by atoms with Crippen molar-refractivity contribution in [1.82, 2.24) is 15.1 Å². The molecule has 0 spiro atoms. The molecule has 2 aliphatic heterocycles. The van der Waals surface area contributed by atoms with Crippen LogP contribution < -0.4 is 10.6 Å². The van der Waals surface area contributed by atoms with Crippen molar-refractivity contribution in [2.24, 2.45) is 11.3 Å². The average molecular weight is 463 g/mol. The van der Waals surface area contributed by atoms with E-state index in [9.17, 15) is 22.8 Å². The summed E-state index contributed by atoms with van der Waals surface area (Å²) in [5, 5.41) is 18.2. The number of nitrogens with zero attached hydrogens (tertiary/aromatic N) is 3. The minimum atomic E-state index is -1.35. The second-order valence-corrected chi connectivity index (χ2v) is 9.14. The molecule has 1 aromatic heterocycles. The highest BCUT2D eigenvalue weighted by Crippen LogP contribution is 2.91. The molecule has 0 radical (unpaired) electrons. The molecule has 4 aliphatic rings. The number of hydrogen-bond donors (Lipinski definition) is 2. The number of hydrogen-bond acceptors (Lipinski definition) is 4. The Kier molecular flexibility index (Phi) is 3.90. The number of benzene rings is 2. The van der Waals surface area contributed by atoms with Crippen molar-refractivity contribution in [3.05, 3.63) is 82.4 Å². The van der Waals surface area contributed by atoms with Gasteiger partial charge in [-0.25, -0.2) is 13.2 Å². The number of carbonyl (C=O) groups is 2. The fraction of sp³-hybridized carbons (Fsp3) is 0.250. The lowest BCUT2D eigenvalue weighted by molar-refractivity contribution is -0.121. The van der Waals surface area contributed by atoms with Crippen LogP contribution in [-0.4, -0.2) is 27.1 Å². The van der Waals surface area contributed by atoms with Crippen LogP contribution in [0.3, 0.4) is 0 Å². The molecular weight excluding hydrogens is 447 g/mol. The van der Waals surface area contributed by atoms with E-state index in [2.05, 4.69) is 15.7 Å². The van der Waals surface area contributed by atoms with E-state index in [1.807, 2.05) is 6.07 Å². The summed E-state index contributed by atoms with van der Waals surface area (Å²) in [5.74, 6) is -4.65. The Hall–Kier alpha value is -4.13. The molecule has 34 heavy (non-hydrogen) atoms. The first-order chi connectivity index (χ1) is 16.2. The van der Waals surface area contributed by atoms with Crippen molar-refractivity contribution in [2.75, 3.05) is 5.32 Å². The zero-order valence-corrected chi connectivity index (χ0v) is 17.7. The van der Waals surface area contributed by atoms with Gasteiger partial charge in [0.15, 0.2) is 11.5 Å². The van der Waals surface area contributed by atoms with Gasteiger partial charge in [-0.2, -0.15) is 10.4 Å². The normalized spacial score (nSPS) is 27.6. The Morgan fingerprint density at radius 2 is 2.03 bits per heavy atom. The van der Waals surface area contributed by atoms with Gasteiger partial charge in [0.2, 0.25) is 0 Å². The summed E-state index contributed by atoms with van der Waals surface area (Å²) < 4.78 is 44.0. The molecule has 2 saturated carbocycles. The third-order valence-electron chi connectivity index (χ3n) is 7.41. The number of nitrogens with one attached hydrogen (secondary N) is 2. The highest BCUT2D eigenvalue weighted by atomic mass is 19.1. The van der Waals surface area contributed by atoms with Crippen molar-refractivity contribution in [3.63, 3.8) is 0 Å². The van der Waals surface area contributed by atoms with E-state index in [1.54, 1.807) is 31.2 Å². The van der Waals surface area contributed by atoms with Crippen LogP contribution in [0, 0.1) is 40.1 Å². The largest absolute Gasteiger partial charge is 0.335 e. The third-order valence-corrected chi connectivity index (χ3v) is 7.41. The number of amides is 2. The van der Waals surface area contributed by atoms with Gasteiger partial charge in [-0.1, -0.05) is 19.1 Å². The Labute approximate surface area is 191 Å². The Morgan fingerprint density at radius 3 is 2.76 bits per heavy atom. The van der Waals surface area contributed by atoms with Gasteiger partial charge >= 0.3 is 0 Å². The summed E-state index contributed by atoms with van der Waals surface area (Å²) in [5.41, 5.74) is -1.16. The van der Waals surface area contributed by atoms with Gasteiger partial charge in [-0.15, -0.1) is 0 Å². The van der Waals surface area contributed by atoms with E-state index < -0.39 is 45.9 Å². The van der Waals surface area contributed by atoms with Crippen LogP contribution in [0.2, 0.25) is 0 Å². The average Bonchev–Trinajstić information content (AvgIpc) is 3.55. The molecule has 2 fully saturated rings. The highest BCUT2D eigenvalue weighted by molar-refractivity contribution is 6.11. The number of aromatic nitrogens is 2. The van der Waals surface area contributed by atoms with Gasteiger partial charge in [0.25, 0.3) is 11.8 Å². The van der Waals surface area contributed by atoms with Crippen molar-refractivity contribution >= 4 is 17.5 Å². The summed E-state index contributed by atoms with van der Waals surface area (Å²) in [6.07, 6.45) is 1.06. The molecule has 0 saturated heterocycles. The van der Waals surface area contributed by atoms with Crippen LogP contribution in [0.5, 0.6) is 0 Å². The molecule has 1 unspecified atom stereocenters. The maximum atomic E-state index is 14.6. The van der Waals surface area contributed by atoms with Crippen molar-refractivity contribution < 1.29 is 22.8 Å². The quantitative estimate of drug-likeness (QED) is 0.621. The summed E-state index contributed by atoms with van der Waals surface area (Å²) in [6, 6.07) is 10.6. The summed E-state index contributed by atoms with van der Waals surface area (Å²) in [6.45, 7) is 1.89. The molecule has 10 heteroatoms. The molecule has 2 bridgehead atoms. The topological polar surface area (TPSA) is 99.8 Å². The third kappa shape index (κ3) is 2.49. The molecule has 7 rings (SSSR count). The molecule has 3 heterocycles. The zero-order chi connectivity index (χ0) is 24.0. The molecule has 3 aromatic rings. The van der Waals surface area contributed by atoms with Crippen LogP contribution in [-0.2, 0) is 11.3 Å². The molecule has 7 nitrogen and oxygen atoms in total. The fourth-order valence-electron chi connectivity index (χ4n) is 5.73. The lowest BCUT2D eigenvalue weighted by Gasteiger charge is -2.26. The van der Waals surface area contributed by atoms with Crippen LogP contribution in [0.4, 0.5) is 18.9 Å². The standard InChI is InChI=1S/C24H16F3N5O2/c1-23-17-14-6-13(25)7-15(26)18(14)29-22(34)24(23,20(17)23)30-21(33)19-16(27)10-32(31-19)9-12-4-2-3-11(5-12)8-28/h2-7,10,17,20H,9H2,1H3,(H,29,34)(H,30,33)/t17-,20?,23-,24+/m0/s1. The van der Waals surface area contributed by atoms with Crippen molar-refractivity contribution in [2.45, 2.75) is 24.9 Å². The van der Waals surface area contributed by atoms with Crippen LogP contribution in [0.15, 0.2) is 42.6 Å². The van der Waals surface area contributed by atoms with E-state index in [4.69, 9.17) is 5.26 Å². The van der Waals surface area contributed by atoms with Crippen LogP contribution in [0.25, 0.3) is 0 Å². The maximum absolute atomic E-state index is 14.6. The first-order valence-electron chi connectivity index (χ1n) is 10.6. The molecule has 2 aliphatic carbocycles. The van der Waals surface area contributed by atoms with Gasteiger partial charge in [0, 0.05) is 23.3 Å².